The number of ether oxygens (including phenoxy) is 1. The van der Waals surface area contributed by atoms with Crippen LogP contribution in [0.25, 0.3) is 22.7 Å². The molecule has 6 rings (SSSR count). The minimum absolute atomic E-state index is 0. The number of nitrogens with zero attached hydrogens (tertiary/aromatic N) is 6. The van der Waals surface area contributed by atoms with Gasteiger partial charge in [0.05, 0.1) is 25.4 Å². The molecule has 0 aromatic carbocycles. The molecule has 37 heavy (non-hydrogen) atoms. The molecule has 194 valence electrons. The molecule has 0 bridgehead atoms. The molecule has 1 unspecified atom stereocenters. The number of halogens is 2. The van der Waals surface area contributed by atoms with Crippen LogP contribution in [0.5, 0.6) is 0 Å². The molecule has 4 aromatic heterocycles. The molecule has 2 aliphatic heterocycles. The molecule has 6 heterocycles. The Morgan fingerprint density at radius 1 is 1.14 bits per heavy atom. The van der Waals surface area contributed by atoms with E-state index < -0.39 is 12.1 Å². The summed E-state index contributed by atoms with van der Waals surface area (Å²) in [5.74, 6) is 0.262. The van der Waals surface area contributed by atoms with E-state index in [0.29, 0.717) is 79.5 Å². The number of alkyl halides is 1. The predicted molar refractivity (Wildman–Crippen MR) is 136 cm³/mol. The lowest BCUT2D eigenvalue weighted by Crippen LogP contribution is -2.36. The molecule has 1 N–H and O–H groups in total. The van der Waals surface area contributed by atoms with Gasteiger partial charge in [-0.15, -0.1) is 12.4 Å². The van der Waals surface area contributed by atoms with Crippen molar-refractivity contribution in [2.45, 2.75) is 19.5 Å². The summed E-state index contributed by atoms with van der Waals surface area (Å²) >= 11 is 0. The number of amides is 1. The van der Waals surface area contributed by atoms with Crippen molar-refractivity contribution >= 4 is 47.1 Å². The van der Waals surface area contributed by atoms with Gasteiger partial charge in [0.2, 0.25) is 11.5 Å². The first-order valence-electron chi connectivity index (χ1n) is 11.8. The first kappa shape index (κ1) is 24.9. The van der Waals surface area contributed by atoms with Crippen LogP contribution in [0.3, 0.4) is 0 Å². The molecule has 2 saturated heterocycles. The van der Waals surface area contributed by atoms with Crippen LogP contribution in [-0.2, 0) is 4.74 Å². The van der Waals surface area contributed by atoms with Crippen molar-refractivity contribution in [1.82, 2.24) is 19.9 Å². The van der Waals surface area contributed by atoms with Crippen molar-refractivity contribution in [3.05, 3.63) is 42.0 Å². The van der Waals surface area contributed by atoms with Gasteiger partial charge in [0, 0.05) is 43.2 Å². The van der Waals surface area contributed by atoms with Crippen molar-refractivity contribution in [3.8, 4) is 11.5 Å². The van der Waals surface area contributed by atoms with Gasteiger partial charge in [-0.05, 0) is 25.5 Å². The molecule has 0 radical (unpaired) electrons. The van der Waals surface area contributed by atoms with E-state index in [1.807, 2.05) is 17.9 Å². The number of pyridine rings is 2. The fourth-order valence-corrected chi connectivity index (χ4v) is 4.35. The number of fused-ring (bicyclic) bond motifs is 1. The fraction of sp³-hybridized carbons (Fsp3) is 0.375. The van der Waals surface area contributed by atoms with Crippen LogP contribution in [0.2, 0.25) is 0 Å². The third kappa shape index (κ3) is 5.07. The summed E-state index contributed by atoms with van der Waals surface area (Å²) in [6, 6.07) is 5.69. The van der Waals surface area contributed by atoms with Gasteiger partial charge in [-0.3, -0.25) is 9.78 Å². The third-order valence-electron chi connectivity index (χ3n) is 6.19. The van der Waals surface area contributed by atoms with Gasteiger partial charge in [0.15, 0.2) is 17.1 Å². The number of carbonyl (C=O) groups excluding carboxylic acids is 1. The average molecular weight is 530 g/mol. The van der Waals surface area contributed by atoms with Crippen LogP contribution < -0.4 is 15.1 Å². The fourth-order valence-electron chi connectivity index (χ4n) is 4.35. The monoisotopic (exact) mass is 529 g/mol. The van der Waals surface area contributed by atoms with Crippen LogP contribution in [0.1, 0.15) is 22.6 Å². The van der Waals surface area contributed by atoms with Crippen molar-refractivity contribution in [1.29, 1.82) is 0 Å². The number of nitrogens with one attached hydrogen (secondary N) is 1. The number of aromatic nitrogens is 4. The third-order valence-corrected chi connectivity index (χ3v) is 6.19. The molecule has 0 aliphatic carbocycles. The number of rotatable bonds is 5. The van der Waals surface area contributed by atoms with Crippen LogP contribution in [0, 0.1) is 6.92 Å². The second-order valence-electron chi connectivity index (χ2n) is 8.79. The van der Waals surface area contributed by atoms with Crippen LogP contribution in [0.15, 0.2) is 39.5 Å². The van der Waals surface area contributed by atoms with Crippen molar-refractivity contribution < 1.29 is 22.8 Å². The Morgan fingerprint density at radius 2 is 1.97 bits per heavy atom. The molecule has 4 aromatic rings. The van der Waals surface area contributed by atoms with E-state index in [-0.39, 0.29) is 24.6 Å². The van der Waals surface area contributed by atoms with Crippen LogP contribution in [-0.4, -0.2) is 71.4 Å². The second kappa shape index (κ2) is 10.3. The number of carbonyl (C=O) groups is 1. The normalized spacial score (nSPS) is 17.7. The molecule has 1 atom stereocenters. The minimum atomic E-state index is -0.964. The van der Waals surface area contributed by atoms with Crippen LogP contribution in [0.4, 0.5) is 21.9 Å². The number of morpholine rings is 1. The largest absolute Gasteiger partial charge is 0.444 e. The van der Waals surface area contributed by atoms with Crippen molar-refractivity contribution in [3.63, 3.8) is 0 Å². The Morgan fingerprint density at radius 3 is 2.73 bits per heavy atom. The highest BCUT2D eigenvalue weighted by atomic mass is 35.5. The summed E-state index contributed by atoms with van der Waals surface area (Å²) < 4.78 is 30.9. The number of anilines is 3. The maximum absolute atomic E-state index is 14.0. The lowest BCUT2D eigenvalue weighted by Gasteiger charge is -2.24. The predicted octanol–water partition coefficient (Wildman–Crippen LogP) is 3.64. The van der Waals surface area contributed by atoms with Gasteiger partial charge < -0.3 is 28.7 Å². The van der Waals surface area contributed by atoms with E-state index in [9.17, 15) is 9.18 Å². The highest BCUT2D eigenvalue weighted by Gasteiger charge is 2.28. The van der Waals surface area contributed by atoms with E-state index in [1.54, 1.807) is 23.2 Å². The molecule has 11 nitrogen and oxygen atoms in total. The molecular formula is C24H25ClFN7O4. The van der Waals surface area contributed by atoms with E-state index in [4.69, 9.17) is 13.6 Å². The summed E-state index contributed by atoms with van der Waals surface area (Å²) in [6.07, 6.45) is 2.38. The standard InChI is InChI=1S/C24H24FN7O4.ClH/c1-14-10-15(2-4-26-14)23-28-18(13-35-23)22(33)27-17-11-19-20(29-21(17)32-5-3-16(25)12-32)30-24(36-19)31-6-8-34-9-7-31;/h2,4,10-11,13,16H,3,5-9,12H2,1H3,(H,27,33);1H. The molecule has 13 heteroatoms. The zero-order valence-corrected chi connectivity index (χ0v) is 20.8. The SMILES string of the molecule is Cc1cc(-c2nc(C(=O)Nc3cc4oc(N5CCOCC5)nc4nc3N3CCC(F)C3)co2)ccn1.Cl. The zero-order valence-electron chi connectivity index (χ0n) is 20.0. The molecule has 1 amide bonds. The summed E-state index contributed by atoms with van der Waals surface area (Å²) in [6.45, 7) is 5.01. The maximum atomic E-state index is 14.0. The van der Waals surface area contributed by atoms with Gasteiger partial charge in [0.1, 0.15) is 12.4 Å². The Kier molecular flexibility index (Phi) is 6.94. The number of hydrogen-bond donors (Lipinski definition) is 1. The smallest absolute Gasteiger partial charge is 0.300 e. The Bertz CT molecular complexity index is 1420. The molecule has 0 spiro atoms. The first-order chi connectivity index (χ1) is 17.5. The van der Waals surface area contributed by atoms with E-state index in [2.05, 4.69) is 25.3 Å². The molecule has 2 fully saturated rings. The Hall–Kier alpha value is -3.77. The maximum Gasteiger partial charge on any atom is 0.300 e. The van der Waals surface area contributed by atoms with Crippen LogP contribution >= 0.6 is 12.4 Å². The summed E-state index contributed by atoms with van der Waals surface area (Å²) in [5, 5.41) is 2.85. The second-order valence-corrected chi connectivity index (χ2v) is 8.79. The summed E-state index contributed by atoms with van der Waals surface area (Å²) in [5.41, 5.74) is 2.82. The van der Waals surface area contributed by atoms with E-state index in [1.165, 1.54) is 6.26 Å². The summed E-state index contributed by atoms with van der Waals surface area (Å²) in [4.78, 5) is 34.6. The highest BCUT2D eigenvalue weighted by molar-refractivity contribution is 6.05. The first-order valence-corrected chi connectivity index (χ1v) is 11.8. The lowest BCUT2D eigenvalue weighted by molar-refractivity contribution is 0.102. The van der Waals surface area contributed by atoms with Gasteiger partial charge in [-0.2, -0.15) is 4.98 Å². The van der Waals surface area contributed by atoms with Crippen molar-refractivity contribution in [2.75, 3.05) is 54.5 Å². The topological polar surface area (TPSA) is 123 Å². The van der Waals surface area contributed by atoms with E-state index >= 15 is 0 Å². The Balaban J connectivity index is 0.00000280. The number of oxazole rings is 2. The molecular weight excluding hydrogens is 505 g/mol. The van der Waals surface area contributed by atoms with Gasteiger partial charge in [-0.25, -0.2) is 14.4 Å². The van der Waals surface area contributed by atoms with Gasteiger partial charge in [0.25, 0.3) is 11.9 Å². The minimum Gasteiger partial charge on any atom is -0.444 e. The van der Waals surface area contributed by atoms with E-state index in [0.717, 1.165) is 5.69 Å². The number of hydrogen-bond acceptors (Lipinski definition) is 10. The quantitative estimate of drug-likeness (QED) is 0.410. The highest BCUT2D eigenvalue weighted by Crippen LogP contribution is 2.33. The molecule has 0 saturated carbocycles. The summed E-state index contributed by atoms with van der Waals surface area (Å²) in [7, 11) is 0. The lowest BCUT2D eigenvalue weighted by atomic mass is 10.2. The molecule has 2 aliphatic rings. The number of aryl methyl sites for hydroxylation is 1. The zero-order chi connectivity index (χ0) is 24.6. The van der Waals surface area contributed by atoms with Crippen molar-refractivity contribution in [2.24, 2.45) is 0 Å². The average Bonchev–Trinajstić information content (AvgIpc) is 3.63. The Labute approximate surface area is 217 Å². The van der Waals surface area contributed by atoms with Gasteiger partial charge >= 0.3 is 0 Å². The van der Waals surface area contributed by atoms with Gasteiger partial charge in [-0.1, -0.05) is 0 Å².